The SMILES string of the molecule is [c-]1n(-c2ccccc2)c2ccccc2[n+]1-c1cccc(Oc2ccc3c4ccccc4n(-c4cc(-c5ccccc5)ccn4)c3c2)c1. The third kappa shape index (κ3) is 4.73. The van der Waals surface area contributed by atoms with Crippen LogP contribution in [0.15, 0.2) is 170 Å². The minimum Gasteiger partial charge on any atom is -0.458 e. The summed E-state index contributed by atoms with van der Waals surface area (Å²) in [5.41, 5.74) is 8.56. The van der Waals surface area contributed by atoms with E-state index in [1.165, 1.54) is 5.39 Å². The molecule has 6 aromatic carbocycles. The number of rotatable bonds is 6. The Morgan fingerprint density at radius 2 is 1.26 bits per heavy atom. The van der Waals surface area contributed by atoms with Crippen LogP contribution in [0.1, 0.15) is 0 Å². The third-order valence-electron chi connectivity index (χ3n) is 8.62. The normalized spacial score (nSPS) is 11.4. The summed E-state index contributed by atoms with van der Waals surface area (Å²) in [4.78, 5) is 4.83. The van der Waals surface area contributed by atoms with Crippen molar-refractivity contribution in [1.82, 2.24) is 14.1 Å². The molecule has 0 atom stereocenters. The smallest absolute Gasteiger partial charge is 0.269 e. The van der Waals surface area contributed by atoms with Gasteiger partial charge in [-0.1, -0.05) is 97.1 Å². The summed E-state index contributed by atoms with van der Waals surface area (Å²) in [7, 11) is 0. The van der Waals surface area contributed by atoms with Crippen molar-refractivity contribution in [1.29, 1.82) is 0 Å². The summed E-state index contributed by atoms with van der Waals surface area (Å²) in [5.74, 6) is 2.35. The van der Waals surface area contributed by atoms with Crippen molar-refractivity contribution < 1.29 is 9.30 Å². The molecule has 0 aliphatic heterocycles. The Bertz CT molecular complexity index is 2550. The van der Waals surface area contributed by atoms with Gasteiger partial charge in [-0.05, 0) is 71.8 Å². The fourth-order valence-corrected chi connectivity index (χ4v) is 6.45. The lowest BCUT2D eigenvalue weighted by molar-refractivity contribution is -0.572. The van der Waals surface area contributed by atoms with Gasteiger partial charge in [0.2, 0.25) is 0 Å². The Morgan fingerprint density at radius 1 is 0.532 bits per heavy atom. The maximum atomic E-state index is 6.56. The second-order valence-corrected chi connectivity index (χ2v) is 11.5. The number of ether oxygens (including phenoxy) is 1. The van der Waals surface area contributed by atoms with Crippen molar-refractivity contribution in [2.24, 2.45) is 0 Å². The lowest BCUT2D eigenvalue weighted by Crippen LogP contribution is -2.29. The Kier molecular flexibility index (Phi) is 6.39. The Hall–Kier alpha value is -6.46. The number of pyridine rings is 1. The van der Waals surface area contributed by atoms with E-state index in [9.17, 15) is 0 Å². The third-order valence-corrected chi connectivity index (χ3v) is 8.62. The van der Waals surface area contributed by atoms with Crippen molar-refractivity contribution in [2.45, 2.75) is 0 Å². The van der Waals surface area contributed by atoms with Crippen LogP contribution in [0.2, 0.25) is 0 Å². The largest absolute Gasteiger partial charge is 0.458 e. The standard InChI is InChI=1S/C42H28N4O/c1-3-12-30(13-4-1)31-24-25-43-42(26-31)46-38-19-8-7-18-36(38)37-23-22-35(28-41(37)46)47-34-17-11-16-33(27-34)45-29-44(32-14-5-2-6-15-32)39-20-9-10-21-40(39)45/h1-28H. The molecule has 0 bridgehead atoms. The summed E-state index contributed by atoms with van der Waals surface area (Å²) in [6.07, 6.45) is 5.44. The van der Waals surface area contributed by atoms with Crippen LogP contribution >= 0.6 is 0 Å². The Balaban J connectivity index is 1.13. The van der Waals surface area contributed by atoms with Gasteiger partial charge in [-0.3, -0.25) is 13.7 Å². The molecular formula is C42H28N4O. The van der Waals surface area contributed by atoms with Gasteiger partial charge < -0.3 is 4.74 Å². The lowest BCUT2D eigenvalue weighted by atomic mass is 10.1. The first-order valence-corrected chi connectivity index (χ1v) is 15.6. The Labute approximate surface area is 271 Å². The molecule has 9 rings (SSSR count). The number of fused-ring (bicyclic) bond motifs is 4. The molecule has 0 amide bonds. The van der Waals surface area contributed by atoms with Gasteiger partial charge in [0, 0.05) is 23.0 Å². The highest BCUT2D eigenvalue weighted by atomic mass is 16.5. The molecule has 5 heteroatoms. The number of hydrogen-bond acceptors (Lipinski definition) is 2. The molecule has 3 aromatic heterocycles. The van der Waals surface area contributed by atoms with E-state index in [-0.39, 0.29) is 0 Å². The fraction of sp³-hybridized carbons (Fsp3) is 0. The molecule has 0 unspecified atom stereocenters. The number of hydrogen-bond donors (Lipinski definition) is 0. The van der Waals surface area contributed by atoms with Crippen molar-refractivity contribution in [3.8, 4) is 39.8 Å². The van der Waals surface area contributed by atoms with Crippen LogP contribution in [0, 0.1) is 6.33 Å². The van der Waals surface area contributed by atoms with E-state index in [4.69, 9.17) is 9.72 Å². The lowest BCUT2D eigenvalue weighted by Gasteiger charge is -2.11. The summed E-state index contributed by atoms with van der Waals surface area (Å²) in [6.45, 7) is 0. The van der Waals surface area contributed by atoms with Gasteiger partial charge in [0.15, 0.2) is 0 Å². The summed E-state index contributed by atoms with van der Waals surface area (Å²) < 4.78 is 13.0. The first-order chi connectivity index (χ1) is 23.3. The van der Waals surface area contributed by atoms with Crippen LogP contribution in [0.5, 0.6) is 11.5 Å². The summed E-state index contributed by atoms with van der Waals surface area (Å²) in [5, 5.41) is 2.32. The molecule has 3 heterocycles. The fourth-order valence-electron chi connectivity index (χ4n) is 6.45. The molecule has 0 spiro atoms. The highest BCUT2D eigenvalue weighted by Crippen LogP contribution is 2.36. The van der Waals surface area contributed by atoms with E-state index in [1.807, 2.05) is 48.7 Å². The monoisotopic (exact) mass is 604 g/mol. The molecule has 0 N–H and O–H groups in total. The van der Waals surface area contributed by atoms with Crippen LogP contribution in [-0.2, 0) is 0 Å². The number of benzene rings is 6. The van der Waals surface area contributed by atoms with Gasteiger partial charge in [0.05, 0.1) is 33.4 Å². The number of nitrogens with zero attached hydrogens (tertiary/aromatic N) is 4. The molecule has 47 heavy (non-hydrogen) atoms. The van der Waals surface area contributed by atoms with E-state index in [1.54, 1.807) is 0 Å². The minimum atomic E-state index is 0.742. The van der Waals surface area contributed by atoms with Gasteiger partial charge in [-0.25, -0.2) is 4.98 Å². The summed E-state index contributed by atoms with van der Waals surface area (Å²) in [6, 6.07) is 56.2. The molecule has 0 aliphatic carbocycles. The van der Waals surface area contributed by atoms with Crippen molar-refractivity contribution in [2.75, 3.05) is 0 Å². The molecule has 9 aromatic rings. The second kappa shape index (κ2) is 11.2. The van der Waals surface area contributed by atoms with Gasteiger partial charge >= 0.3 is 0 Å². The summed E-state index contributed by atoms with van der Waals surface area (Å²) >= 11 is 0. The molecule has 0 saturated heterocycles. The molecule has 222 valence electrons. The first-order valence-electron chi connectivity index (χ1n) is 15.6. The maximum Gasteiger partial charge on any atom is 0.269 e. The van der Waals surface area contributed by atoms with E-state index in [0.29, 0.717) is 0 Å². The molecule has 0 radical (unpaired) electrons. The van der Waals surface area contributed by atoms with E-state index < -0.39 is 0 Å². The zero-order valence-electron chi connectivity index (χ0n) is 25.4. The average Bonchev–Trinajstić information content (AvgIpc) is 3.69. The van der Waals surface area contributed by atoms with Gasteiger partial charge in [0.25, 0.3) is 6.33 Å². The minimum absolute atomic E-state index is 0.742. The number of aromatic nitrogens is 4. The van der Waals surface area contributed by atoms with Crippen LogP contribution in [0.25, 0.3) is 61.2 Å². The molecular weight excluding hydrogens is 576 g/mol. The van der Waals surface area contributed by atoms with Gasteiger partial charge in [-0.15, -0.1) is 0 Å². The number of imidazole rings is 1. The van der Waals surface area contributed by atoms with Crippen molar-refractivity contribution in [3.05, 3.63) is 176 Å². The second-order valence-electron chi connectivity index (χ2n) is 11.5. The van der Waals surface area contributed by atoms with Crippen LogP contribution < -0.4 is 9.30 Å². The predicted octanol–water partition coefficient (Wildman–Crippen LogP) is 9.66. The van der Waals surface area contributed by atoms with Crippen molar-refractivity contribution in [3.63, 3.8) is 0 Å². The van der Waals surface area contributed by atoms with E-state index in [2.05, 4.69) is 141 Å². The number of para-hydroxylation sites is 4. The average molecular weight is 605 g/mol. The van der Waals surface area contributed by atoms with Gasteiger partial charge in [-0.2, -0.15) is 0 Å². The molecule has 0 fully saturated rings. The zero-order valence-corrected chi connectivity index (χ0v) is 25.4. The highest BCUT2D eigenvalue weighted by molar-refractivity contribution is 6.09. The topological polar surface area (TPSA) is 35.9 Å². The molecule has 0 aliphatic rings. The predicted molar refractivity (Wildman–Crippen MR) is 188 cm³/mol. The van der Waals surface area contributed by atoms with Crippen LogP contribution in [0.3, 0.4) is 0 Å². The van der Waals surface area contributed by atoms with E-state index in [0.717, 1.165) is 67.3 Å². The zero-order chi connectivity index (χ0) is 31.2. The first kappa shape index (κ1) is 26.9. The van der Waals surface area contributed by atoms with Crippen LogP contribution in [-0.4, -0.2) is 14.1 Å². The van der Waals surface area contributed by atoms with Crippen molar-refractivity contribution >= 4 is 32.8 Å². The Morgan fingerprint density at radius 3 is 2.13 bits per heavy atom. The molecule has 0 saturated carbocycles. The maximum absolute atomic E-state index is 6.56. The van der Waals surface area contributed by atoms with Gasteiger partial charge in [0.1, 0.15) is 17.3 Å². The quantitative estimate of drug-likeness (QED) is 0.140. The van der Waals surface area contributed by atoms with E-state index >= 15 is 0 Å². The molecule has 5 nitrogen and oxygen atoms in total. The highest BCUT2D eigenvalue weighted by Gasteiger charge is 2.16. The van der Waals surface area contributed by atoms with Crippen LogP contribution in [0.4, 0.5) is 0 Å².